The molecule has 2 heterocycles. The van der Waals surface area contributed by atoms with Crippen molar-refractivity contribution in [3.8, 4) is 5.88 Å². The number of methoxy groups -OCH3 is 1. The van der Waals surface area contributed by atoms with Crippen LogP contribution in [0.3, 0.4) is 0 Å². The minimum absolute atomic E-state index is 0.0465. The molecule has 2 aliphatic rings. The highest BCUT2D eigenvalue weighted by Crippen LogP contribution is 2.35. The lowest BCUT2D eigenvalue weighted by molar-refractivity contribution is 0.306. The zero-order valence-electron chi connectivity index (χ0n) is 12.6. The number of aromatic hydroxyl groups is 1. The normalized spacial score (nSPS) is 15.6. The predicted molar refractivity (Wildman–Crippen MR) is 89.8 cm³/mol. The van der Waals surface area contributed by atoms with Gasteiger partial charge in [-0.15, -0.1) is 0 Å². The zero-order valence-corrected chi connectivity index (χ0v) is 12.6. The summed E-state index contributed by atoms with van der Waals surface area (Å²) in [4.78, 5) is 7.53. The Morgan fingerprint density at radius 3 is 2.87 bits per heavy atom. The molecule has 0 spiro atoms. The van der Waals surface area contributed by atoms with Crippen molar-refractivity contribution in [3.63, 3.8) is 0 Å². The molecule has 0 unspecified atom stereocenters. The van der Waals surface area contributed by atoms with E-state index in [0.717, 1.165) is 28.3 Å². The minimum Gasteiger partial charge on any atom is -0.497 e. The van der Waals surface area contributed by atoms with Gasteiger partial charge in [-0.3, -0.25) is 5.41 Å². The van der Waals surface area contributed by atoms with Crippen molar-refractivity contribution in [2.24, 2.45) is 4.99 Å². The first-order valence-corrected chi connectivity index (χ1v) is 7.32. The van der Waals surface area contributed by atoms with Crippen molar-refractivity contribution < 1.29 is 9.84 Å². The number of allylic oxidation sites excluding steroid dienone is 2. The van der Waals surface area contributed by atoms with Crippen LogP contribution in [0.5, 0.6) is 5.88 Å². The predicted octanol–water partition coefficient (Wildman–Crippen LogP) is 3.32. The van der Waals surface area contributed by atoms with Crippen molar-refractivity contribution in [1.29, 1.82) is 5.41 Å². The van der Waals surface area contributed by atoms with Crippen LogP contribution in [0.1, 0.15) is 22.4 Å². The van der Waals surface area contributed by atoms with Crippen molar-refractivity contribution in [2.75, 3.05) is 7.11 Å². The van der Waals surface area contributed by atoms with E-state index in [1.54, 1.807) is 7.11 Å². The Kier molecular flexibility index (Phi) is 2.94. The molecule has 5 heteroatoms. The molecule has 0 atom stereocenters. The maximum absolute atomic E-state index is 10.4. The van der Waals surface area contributed by atoms with E-state index in [4.69, 9.17) is 10.1 Å². The number of aromatic nitrogens is 1. The molecule has 1 aromatic carbocycles. The molecular formula is C18H15N3O2. The molecule has 0 saturated carbocycles. The van der Waals surface area contributed by atoms with Gasteiger partial charge in [0.25, 0.3) is 0 Å². The maximum atomic E-state index is 10.4. The van der Waals surface area contributed by atoms with Gasteiger partial charge in [0.2, 0.25) is 0 Å². The number of aliphatic imine (C=N–C) groups is 1. The molecule has 0 amide bonds. The molecule has 5 nitrogen and oxygen atoms in total. The van der Waals surface area contributed by atoms with Crippen molar-refractivity contribution in [3.05, 3.63) is 64.6 Å². The average molecular weight is 305 g/mol. The van der Waals surface area contributed by atoms with E-state index in [0.29, 0.717) is 23.4 Å². The number of nitrogens with one attached hydrogen (secondary N) is 2. The smallest absolute Gasteiger partial charge is 0.198 e. The van der Waals surface area contributed by atoms with Gasteiger partial charge in [0, 0.05) is 11.3 Å². The van der Waals surface area contributed by atoms with Gasteiger partial charge < -0.3 is 14.8 Å². The Hall–Kier alpha value is -3.08. The average Bonchev–Trinajstić information content (AvgIpc) is 2.96. The Morgan fingerprint density at radius 1 is 1.26 bits per heavy atom. The largest absolute Gasteiger partial charge is 0.497 e. The van der Waals surface area contributed by atoms with Crippen LogP contribution in [0.25, 0.3) is 6.08 Å². The summed E-state index contributed by atoms with van der Waals surface area (Å²) in [5, 5.41) is 18.8. The van der Waals surface area contributed by atoms with Crippen LogP contribution >= 0.6 is 0 Å². The van der Waals surface area contributed by atoms with Crippen LogP contribution in [-0.2, 0) is 11.2 Å². The van der Waals surface area contributed by atoms with Gasteiger partial charge in [0.15, 0.2) is 5.88 Å². The fourth-order valence-corrected chi connectivity index (χ4v) is 3.01. The quantitative estimate of drug-likeness (QED) is 0.795. The number of hydrogen-bond donors (Lipinski definition) is 3. The topological polar surface area (TPSA) is 81.5 Å². The first kappa shape index (κ1) is 13.6. The van der Waals surface area contributed by atoms with Crippen molar-refractivity contribution in [1.82, 2.24) is 4.98 Å². The number of nitrogens with zero attached hydrogens (tertiary/aromatic N) is 1. The van der Waals surface area contributed by atoms with Gasteiger partial charge in [-0.1, -0.05) is 18.2 Å². The number of aromatic amines is 1. The molecule has 2 aromatic rings. The Bertz CT molecular complexity index is 916. The number of fused-ring (bicyclic) bond motifs is 2. The summed E-state index contributed by atoms with van der Waals surface area (Å²) in [6, 6.07) is 7.54. The van der Waals surface area contributed by atoms with E-state index >= 15 is 0 Å². The molecule has 4 rings (SSSR count). The van der Waals surface area contributed by atoms with E-state index in [9.17, 15) is 5.11 Å². The molecule has 0 bridgehead atoms. The molecular weight excluding hydrogens is 290 g/mol. The summed E-state index contributed by atoms with van der Waals surface area (Å²) in [6.07, 6.45) is 6.27. The van der Waals surface area contributed by atoms with Gasteiger partial charge in [0.05, 0.1) is 24.1 Å². The number of rotatable bonds is 2. The number of H-pyrrole nitrogens is 1. The monoisotopic (exact) mass is 305 g/mol. The molecule has 0 radical (unpaired) electrons. The third-order valence-corrected chi connectivity index (χ3v) is 4.15. The van der Waals surface area contributed by atoms with Gasteiger partial charge in [-0.05, 0) is 36.3 Å². The molecule has 23 heavy (non-hydrogen) atoms. The highest BCUT2D eigenvalue weighted by atomic mass is 16.5. The van der Waals surface area contributed by atoms with E-state index in [2.05, 4.69) is 9.98 Å². The van der Waals surface area contributed by atoms with Gasteiger partial charge in [0.1, 0.15) is 11.5 Å². The summed E-state index contributed by atoms with van der Waals surface area (Å²) < 4.78 is 5.26. The van der Waals surface area contributed by atoms with Gasteiger partial charge in [-0.25, -0.2) is 4.99 Å². The molecule has 0 fully saturated rings. The van der Waals surface area contributed by atoms with Crippen LogP contribution < -0.4 is 0 Å². The Labute approximate surface area is 133 Å². The molecule has 0 saturated heterocycles. The second kappa shape index (κ2) is 4.98. The van der Waals surface area contributed by atoms with Crippen LogP contribution in [0.15, 0.2) is 47.2 Å². The highest BCUT2D eigenvalue weighted by Gasteiger charge is 2.29. The first-order valence-electron chi connectivity index (χ1n) is 7.32. The second-order valence-electron chi connectivity index (χ2n) is 5.44. The standard InChI is InChI=1S/C18H15N3O2/c1-23-10-6-8-11-14(9-7-10)21-18(22)15(11)17-16(19)12-4-2-3-5-13(12)20-17/h2-7,9,19,21-22H,8H2,1H3. The minimum atomic E-state index is 0.0465. The molecule has 1 aromatic heterocycles. The van der Waals surface area contributed by atoms with Crippen LogP contribution in [-0.4, -0.2) is 28.6 Å². The third kappa shape index (κ3) is 2.01. The summed E-state index contributed by atoms with van der Waals surface area (Å²) in [7, 11) is 1.63. The van der Waals surface area contributed by atoms with Gasteiger partial charge in [-0.2, -0.15) is 0 Å². The summed E-state index contributed by atoms with van der Waals surface area (Å²) >= 11 is 0. The summed E-state index contributed by atoms with van der Waals surface area (Å²) in [6.45, 7) is 0. The summed E-state index contributed by atoms with van der Waals surface area (Å²) in [5.41, 5.74) is 4.72. The number of benzene rings is 1. The van der Waals surface area contributed by atoms with E-state index in [1.165, 1.54) is 0 Å². The zero-order chi connectivity index (χ0) is 16.0. The fraction of sp³-hybridized carbons (Fsp3) is 0.111. The number of ether oxygens (including phenoxy) is 1. The fourth-order valence-electron chi connectivity index (χ4n) is 3.01. The third-order valence-electron chi connectivity index (χ3n) is 4.15. The van der Waals surface area contributed by atoms with Crippen LogP contribution in [0.4, 0.5) is 5.69 Å². The van der Waals surface area contributed by atoms with Crippen molar-refractivity contribution in [2.45, 2.75) is 6.42 Å². The molecule has 114 valence electrons. The first-order chi connectivity index (χ1) is 11.2. The molecule has 1 aliphatic carbocycles. The molecule has 1 aliphatic heterocycles. The Balaban J connectivity index is 1.85. The number of hydrogen-bond acceptors (Lipinski definition) is 4. The van der Waals surface area contributed by atoms with Crippen LogP contribution in [0.2, 0.25) is 0 Å². The van der Waals surface area contributed by atoms with Gasteiger partial charge >= 0.3 is 0 Å². The van der Waals surface area contributed by atoms with Crippen molar-refractivity contribution >= 4 is 23.2 Å². The second-order valence-corrected chi connectivity index (χ2v) is 5.44. The van der Waals surface area contributed by atoms with E-state index in [1.807, 2.05) is 42.5 Å². The SMILES string of the molecule is COC1=CCc2c([nH]c(O)c2C2=Nc3ccccc3C2=N)C=C1. The highest BCUT2D eigenvalue weighted by molar-refractivity contribution is 6.56. The van der Waals surface area contributed by atoms with Crippen LogP contribution in [0, 0.1) is 5.41 Å². The lowest BCUT2D eigenvalue weighted by Gasteiger charge is -2.04. The molecule has 3 N–H and O–H groups in total. The Morgan fingerprint density at radius 2 is 2.09 bits per heavy atom. The maximum Gasteiger partial charge on any atom is 0.198 e. The van der Waals surface area contributed by atoms with E-state index in [-0.39, 0.29) is 5.88 Å². The summed E-state index contributed by atoms with van der Waals surface area (Å²) in [5.74, 6) is 0.817. The lowest BCUT2D eigenvalue weighted by Crippen LogP contribution is -2.12. The number of para-hydroxylation sites is 1. The lowest BCUT2D eigenvalue weighted by atomic mass is 9.98. The van der Waals surface area contributed by atoms with E-state index < -0.39 is 0 Å².